The number of aryl methyl sites for hydroxylation is 2. The number of benzene rings is 1. The van der Waals surface area contributed by atoms with Gasteiger partial charge in [-0.2, -0.15) is 5.10 Å². The van der Waals surface area contributed by atoms with Crippen LogP contribution in [0.5, 0.6) is 5.75 Å². The third-order valence-electron chi connectivity index (χ3n) is 3.00. The molecule has 3 nitrogen and oxygen atoms in total. The molecule has 6 heteroatoms. The topological polar surface area (TPSA) is 27.1 Å². The molecule has 0 aliphatic carbocycles. The van der Waals surface area contributed by atoms with Gasteiger partial charge in [-0.3, -0.25) is 4.68 Å². The summed E-state index contributed by atoms with van der Waals surface area (Å²) in [7, 11) is 0. The highest BCUT2D eigenvalue weighted by atomic mass is 79.9. The summed E-state index contributed by atoms with van der Waals surface area (Å²) < 4.78 is 9.96. The zero-order valence-electron chi connectivity index (χ0n) is 11.3. The molecule has 0 radical (unpaired) electrons. The zero-order valence-corrected chi connectivity index (χ0v) is 16.0. The van der Waals surface area contributed by atoms with E-state index in [9.17, 15) is 0 Å². The Bertz CT molecular complexity index is 611. The zero-order chi connectivity index (χ0) is 14.7. The monoisotopic (exact) mass is 464 g/mol. The van der Waals surface area contributed by atoms with Gasteiger partial charge < -0.3 is 4.74 Å². The van der Waals surface area contributed by atoms with Crippen LogP contribution >= 0.6 is 47.8 Å². The van der Waals surface area contributed by atoms with Crippen molar-refractivity contribution in [2.45, 2.75) is 32.3 Å². The largest absolute Gasteiger partial charge is 0.486 e. The lowest BCUT2D eigenvalue weighted by Crippen LogP contribution is -2.07. The van der Waals surface area contributed by atoms with E-state index in [2.05, 4.69) is 59.8 Å². The molecule has 0 saturated heterocycles. The second-order valence-corrected chi connectivity index (χ2v) is 6.52. The average Bonchev–Trinajstić information content (AvgIpc) is 2.72. The summed E-state index contributed by atoms with van der Waals surface area (Å²) in [4.78, 5) is 0. The van der Waals surface area contributed by atoms with Crippen LogP contribution in [-0.4, -0.2) is 9.78 Å². The van der Waals surface area contributed by atoms with Gasteiger partial charge in [-0.05, 0) is 51.8 Å². The molecular formula is C14H15Br3N2O. The molecule has 0 N–H and O–H groups in total. The van der Waals surface area contributed by atoms with Gasteiger partial charge in [0.1, 0.15) is 12.4 Å². The maximum absolute atomic E-state index is 6.01. The van der Waals surface area contributed by atoms with Gasteiger partial charge in [0.15, 0.2) is 0 Å². The first-order valence-corrected chi connectivity index (χ1v) is 8.97. The summed E-state index contributed by atoms with van der Waals surface area (Å²) in [5.74, 6) is 0.873. The highest BCUT2D eigenvalue weighted by Gasteiger charge is 2.14. The Kier molecular flexibility index (Phi) is 5.69. The molecule has 1 aromatic heterocycles. The number of hydrogen-bond donors (Lipinski definition) is 0. The highest BCUT2D eigenvalue weighted by molar-refractivity contribution is 9.11. The van der Waals surface area contributed by atoms with Crippen LogP contribution in [0.3, 0.4) is 0 Å². The fraction of sp³-hybridized carbons (Fsp3) is 0.357. The SMILES string of the molecule is CCn1nc(C)c(Br)c1COc1c(Br)cccc1CBr. The molecule has 0 fully saturated rings. The van der Waals surface area contributed by atoms with Crippen LogP contribution in [0, 0.1) is 6.92 Å². The first kappa shape index (κ1) is 16.0. The molecule has 0 saturated carbocycles. The predicted molar refractivity (Wildman–Crippen MR) is 91.4 cm³/mol. The molecule has 2 rings (SSSR count). The third-order valence-corrected chi connectivity index (χ3v) is 5.26. The Labute approximate surface area is 144 Å². The van der Waals surface area contributed by atoms with Crippen LogP contribution in [0.2, 0.25) is 0 Å². The molecule has 108 valence electrons. The van der Waals surface area contributed by atoms with Crippen LogP contribution in [0.25, 0.3) is 0 Å². The Morgan fingerprint density at radius 3 is 2.70 bits per heavy atom. The van der Waals surface area contributed by atoms with Gasteiger partial charge in [0.2, 0.25) is 0 Å². The maximum Gasteiger partial charge on any atom is 0.138 e. The molecule has 2 aromatic rings. The number of hydrogen-bond acceptors (Lipinski definition) is 2. The molecule has 0 atom stereocenters. The third kappa shape index (κ3) is 3.28. The second kappa shape index (κ2) is 7.09. The smallest absolute Gasteiger partial charge is 0.138 e. The van der Waals surface area contributed by atoms with E-state index in [0.717, 1.165) is 43.5 Å². The van der Waals surface area contributed by atoms with Gasteiger partial charge in [0.05, 0.1) is 20.3 Å². The van der Waals surface area contributed by atoms with E-state index in [1.807, 2.05) is 29.8 Å². The molecule has 20 heavy (non-hydrogen) atoms. The molecule has 0 amide bonds. The quantitative estimate of drug-likeness (QED) is 0.565. The summed E-state index contributed by atoms with van der Waals surface area (Å²) in [6.07, 6.45) is 0. The van der Waals surface area contributed by atoms with E-state index < -0.39 is 0 Å². The lowest BCUT2D eigenvalue weighted by molar-refractivity contribution is 0.288. The normalized spacial score (nSPS) is 10.8. The van der Waals surface area contributed by atoms with E-state index in [0.29, 0.717) is 6.61 Å². The molecule has 0 unspecified atom stereocenters. The van der Waals surface area contributed by atoms with Crippen molar-refractivity contribution < 1.29 is 4.74 Å². The fourth-order valence-electron chi connectivity index (χ4n) is 1.97. The summed E-state index contributed by atoms with van der Waals surface area (Å²) in [6, 6.07) is 6.04. The number of aromatic nitrogens is 2. The fourth-order valence-corrected chi connectivity index (χ4v) is 3.33. The standard InChI is InChI=1S/C14H15Br3N2O/c1-3-19-12(13(17)9(2)18-19)8-20-14-10(7-15)5-4-6-11(14)16/h4-6H,3,7-8H2,1-2H3. The summed E-state index contributed by atoms with van der Waals surface area (Å²) in [5, 5.41) is 5.23. The number of halogens is 3. The molecule has 0 bridgehead atoms. The van der Waals surface area contributed by atoms with Gasteiger partial charge in [0.25, 0.3) is 0 Å². The number of rotatable bonds is 5. The van der Waals surface area contributed by atoms with Crippen molar-refractivity contribution >= 4 is 47.8 Å². The average molecular weight is 467 g/mol. The van der Waals surface area contributed by atoms with Crippen LogP contribution in [0.1, 0.15) is 23.9 Å². The van der Waals surface area contributed by atoms with E-state index in [-0.39, 0.29) is 0 Å². The van der Waals surface area contributed by atoms with E-state index in [4.69, 9.17) is 4.74 Å². The Hall–Kier alpha value is -0.330. The Balaban J connectivity index is 2.25. The van der Waals surface area contributed by atoms with Crippen molar-refractivity contribution in [3.8, 4) is 5.75 Å². The van der Waals surface area contributed by atoms with E-state index >= 15 is 0 Å². The minimum atomic E-state index is 0.484. The maximum atomic E-state index is 6.01. The summed E-state index contributed by atoms with van der Waals surface area (Å²) >= 11 is 10.6. The molecule has 0 aliphatic rings. The first-order valence-electron chi connectivity index (χ1n) is 6.26. The van der Waals surface area contributed by atoms with Gasteiger partial charge in [-0.15, -0.1) is 0 Å². The minimum absolute atomic E-state index is 0.484. The number of para-hydroxylation sites is 1. The van der Waals surface area contributed by atoms with Gasteiger partial charge in [0, 0.05) is 17.4 Å². The van der Waals surface area contributed by atoms with Crippen LogP contribution < -0.4 is 4.74 Å². The van der Waals surface area contributed by atoms with Crippen molar-refractivity contribution in [1.82, 2.24) is 9.78 Å². The molecule has 1 heterocycles. The summed E-state index contributed by atoms with van der Waals surface area (Å²) in [6.45, 7) is 5.37. The second-order valence-electron chi connectivity index (χ2n) is 4.31. The molecular weight excluding hydrogens is 452 g/mol. The van der Waals surface area contributed by atoms with Crippen molar-refractivity contribution in [2.75, 3.05) is 0 Å². The van der Waals surface area contributed by atoms with Crippen molar-refractivity contribution in [3.05, 3.63) is 44.1 Å². The van der Waals surface area contributed by atoms with Crippen molar-refractivity contribution in [3.63, 3.8) is 0 Å². The van der Waals surface area contributed by atoms with Gasteiger partial charge in [-0.1, -0.05) is 28.1 Å². The molecule has 0 aliphatic heterocycles. The number of nitrogens with zero attached hydrogens (tertiary/aromatic N) is 2. The summed E-state index contributed by atoms with van der Waals surface area (Å²) in [5.41, 5.74) is 3.16. The van der Waals surface area contributed by atoms with Crippen molar-refractivity contribution in [2.24, 2.45) is 0 Å². The van der Waals surface area contributed by atoms with Crippen LogP contribution in [0.4, 0.5) is 0 Å². The minimum Gasteiger partial charge on any atom is -0.486 e. The lowest BCUT2D eigenvalue weighted by Gasteiger charge is -2.13. The van der Waals surface area contributed by atoms with Gasteiger partial charge >= 0.3 is 0 Å². The molecule has 1 aromatic carbocycles. The van der Waals surface area contributed by atoms with E-state index in [1.54, 1.807) is 0 Å². The highest BCUT2D eigenvalue weighted by Crippen LogP contribution is 2.32. The van der Waals surface area contributed by atoms with Crippen LogP contribution in [0.15, 0.2) is 27.1 Å². The lowest BCUT2D eigenvalue weighted by atomic mass is 10.2. The van der Waals surface area contributed by atoms with E-state index in [1.165, 1.54) is 0 Å². The molecule has 0 spiro atoms. The number of alkyl halides is 1. The van der Waals surface area contributed by atoms with Crippen LogP contribution in [-0.2, 0) is 18.5 Å². The Morgan fingerprint density at radius 2 is 2.05 bits per heavy atom. The van der Waals surface area contributed by atoms with Crippen molar-refractivity contribution in [1.29, 1.82) is 0 Å². The first-order chi connectivity index (χ1) is 9.58. The number of ether oxygens (including phenoxy) is 1. The van der Waals surface area contributed by atoms with Gasteiger partial charge in [-0.25, -0.2) is 0 Å². The predicted octanol–water partition coefficient (Wildman–Crippen LogP) is 5.21. The Morgan fingerprint density at radius 1 is 1.30 bits per heavy atom.